The van der Waals surface area contributed by atoms with Crippen LogP contribution < -0.4 is 5.32 Å². The molecule has 0 radical (unpaired) electrons. The highest BCUT2D eigenvalue weighted by Gasteiger charge is 2.36. The summed E-state index contributed by atoms with van der Waals surface area (Å²) in [6.07, 6.45) is 13.6. The van der Waals surface area contributed by atoms with Crippen molar-refractivity contribution in [2.24, 2.45) is 33.5 Å². The highest BCUT2D eigenvalue weighted by atomic mass is 32.2. The van der Waals surface area contributed by atoms with Gasteiger partial charge in [0.05, 0.1) is 35.6 Å². The van der Waals surface area contributed by atoms with Gasteiger partial charge >= 0.3 is 0 Å². The van der Waals surface area contributed by atoms with Crippen LogP contribution in [0.15, 0.2) is 12.4 Å². The number of nitrogens with zero attached hydrogens (tertiary/aromatic N) is 3. The molecule has 1 fully saturated rings. The van der Waals surface area contributed by atoms with Gasteiger partial charge in [-0.15, -0.1) is 0 Å². The fourth-order valence-electron chi connectivity index (χ4n) is 6.49. The summed E-state index contributed by atoms with van der Waals surface area (Å²) in [4.78, 5) is 37.5. The summed E-state index contributed by atoms with van der Waals surface area (Å²) in [6.45, 7) is 25.2. The second-order valence-corrected chi connectivity index (χ2v) is 20.6. The highest BCUT2D eigenvalue weighted by Crippen LogP contribution is 2.35. The van der Waals surface area contributed by atoms with E-state index in [-0.39, 0.29) is 51.4 Å². The minimum absolute atomic E-state index is 0.0347. The first-order valence-corrected chi connectivity index (χ1v) is 19.9. The first-order chi connectivity index (χ1) is 21.5. The molecule has 47 heavy (non-hydrogen) atoms. The highest BCUT2D eigenvalue weighted by molar-refractivity contribution is 7.91. The number of amides is 2. The zero-order valence-electron chi connectivity index (χ0n) is 31.8. The third kappa shape index (κ3) is 15.4. The van der Waals surface area contributed by atoms with Crippen LogP contribution in [0.2, 0.25) is 0 Å². The Labute approximate surface area is 288 Å². The second kappa shape index (κ2) is 17.1. The average molecular weight is 677 g/mol. The Balaban J connectivity index is 1.79. The van der Waals surface area contributed by atoms with E-state index in [4.69, 9.17) is 0 Å². The summed E-state index contributed by atoms with van der Waals surface area (Å²) in [6, 6.07) is 0. The van der Waals surface area contributed by atoms with Gasteiger partial charge in [-0.2, -0.15) is 0 Å². The number of sulfone groups is 1. The molecule has 2 unspecified atom stereocenters. The molecule has 1 aromatic rings. The van der Waals surface area contributed by atoms with Crippen LogP contribution in [0.5, 0.6) is 0 Å². The van der Waals surface area contributed by atoms with Crippen molar-refractivity contribution in [3.63, 3.8) is 0 Å². The van der Waals surface area contributed by atoms with Crippen molar-refractivity contribution in [2.45, 2.75) is 147 Å². The van der Waals surface area contributed by atoms with Gasteiger partial charge in [-0.25, -0.2) is 8.42 Å². The summed E-state index contributed by atoms with van der Waals surface area (Å²) < 4.78 is 23.7. The van der Waals surface area contributed by atoms with Crippen LogP contribution in [-0.2, 0) is 32.4 Å². The molecule has 0 spiro atoms. The monoisotopic (exact) mass is 676 g/mol. The van der Waals surface area contributed by atoms with E-state index in [1.54, 1.807) is 11.1 Å². The third-order valence-corrected chi connectivity index (χ3v) is 11.5. The van der Waals surface area contributed by atoms with Crippen molar-refractivity contribution in [2.75, 3.05) is 24.6 Å². The average Bonchev–Trinajstić information content (AvgIpc) is 2.93. The third-order valence-electron chi connectivity index (χ3n) is 9.89. The van der Waals surface area contributed by atoms with Gasteiger partial charge in [0.2, 0.25) is 11.8 Å². The van der Waals surface area contributed by atoms with E-state index in [0.717, 1.165) is 69.2 Å². The summed E-state index contributed by atoms with van der Waals surface area (Å²) in [5.41, 5.74) is 1.92. The van der Waals surface area contributed by atoms with Gasteiger partial charge in [0.1, 0.15) is 0 Å². The Kier molecular flexibility index (Phi) is 14.9. The lowest BCUT2D eigenvalue weighted by atomic mass is 9.76. The summed E-state index contributed by atoms with van der Waals surface area (Å²) >= 11 is 0. The van der Waals surface area contributed by atoms with Crippen molar-refractivity contribution in [3.05, 3.63) is 23.8 Å². The molecule has 1 saturated heterocycles. The van der Waals surface area contributed by atoms with Gasteiger partial charge in [-0.1, -0.05) is 102 Å². The molecule has 0 saturated carbocycles. The van der Waals surface area contributed by atoms with E-state index in [1.807, 2.05) is 6.20 Å². The maximum absolute atomic E-state index is 13.3. The van der Waals surface area contributed by atoms with E-state index in [2.05, 4.69) is 91.4 Å². The molecule has 2 amide bonds. The Morgan fingerprint density at radius 2 is 1.26 bits per heavy atom. The van der Waals surface area contributed by atoms with Crippen molar-refractivity contribution in [3.8, 4) is 0 Å². The predicted molar refractivity (Wildman–Crippen MR) is 193 cm³/mol. The second-order valence-electron chi connectivity index (χ2n) is 18.2. The van der Waals surface area contributed by atoms with E-state index < -0.39 is 9.84 Å². The van der Waals surface area contributed by atoms with E-state index in [9.17, 15) is 18.0 Å². The SMILES string of the molecule is CC(C)(C)CCCCC(C(=O)NCc1cnc(CCC(C)(C)CCCCC(C(=O)N2CCS(=O)(=O)CC2)C(C)(C)C)cn1)C(C)(C)C. The van der Waals surface area contributed by atoms with Crippen LogP contribution in [-0.4, -0.2) is 59.7 Å². The number of unbranched alkanes of at least 4 members (excludes halogenated alkanes) is 2. The largest absolute Gasteiger partial charge is 0.350 e. The molecule has 1 aliphatic heterocycles. The lowest BCUT2D eigenvalue weighted by Gasteiger charge is -2.36. The zero-order valence-corrected chi connectivity index (χ0v) is 32.6. The quantitative estimate of drug-likeness (QED) is 0.179. The number of aryl methyl sites for hydroxylation is 1. The van der Waals surface area contributed by atoms with Crippen LogP contribution in [0.1, 0.15) is 145 Å². The van der Waals surface area contributed by atoms with E-state index in [1.165, 1.54) is 6.42 Å². The van der Waals surface area contributed by atoms with Gasteiger partial charge < -0.3 is 10.2 Å². The molecule has 0 aliphatic carbocycles. The topological polar surface area (TPSA) is 109 Å². The Bertz CT molecular complexity index is 1220. The first kappa shape index (κ1) is 41.1. The molecule has 1 aromatic heterocycles. The van der Waals surface area contributed by atoms with Crippen LogP contribution in [0.4, 0.5) is 0 Å². The molecule has 2 atom stereocenters. The van der Waals surface area contributed by atoms with E-state index >= 15 is 0 Å². The molecule has 2 heterocycles. The number of aromatic nitrogens is 2. The molecule has 0 bridgehead atoms. The van der Waals surface area contributed by atoms with Gasteiger partial charge in [0.25, 0.3) is 0 Å². The van der Waals surface area contributed by atoms with Gasteiger partial charge in [-0.3, -0.25) is 19.6 Å². The number of hydrogen-bond donors (Lipinski definition) is 1. The molecule has 0 aromatic carbocycles. The molecular weight excluding hydrogens is 609 g/mol. The number of rotatable bonds is 16. The Hall–Kier alpha value is -2.03. The van der Waals surface area contributed by atoms with Crippen molar-refractivity contribution >= 4 is 21.7 Å². The van der Waals surface area contributed by atoms with Crippen LogP contribution in [0.3, 0.4) is 0 Å². The molecule has 9 heteroatoms. The normalized spacial score (nSPS) is 17.3. The van der Waals surface area contributed by atoms with Gasteiger partial charge in [0.15, 0.2) is 9.84 Å². The van der Waals surface area contributed by atoms with Gasteiger partial charge in [-0.05, 0) is 60.2 Å². The lowest BCUT2D eigenvalue weighted by molar-refractivity contribution is -0.139. The Morgan fingerprint density at radius 3 is 1.77 bits per heavy atom. The number of carbonyl (C=O) groups is 2. The molecule has 8 nitrogen and oxygen atoms in total. The van der Waals surface area contributed by atoms with Crippen LogP contribution in [0, 0.1) is 33.5 Å². The zero-order chi connectivity index (χ0) is 35.7. The number of hydrogen-bond acceptors (Lipinski definition) is 6. The summed E-state index contributed by atoms with van der Waals surface area (Å²) in [7, 11) is -3.01. The van der Waals surface area contributed by atoms with Crippen molar-refractivity contribution < 1.29 is 18.0 Å². The minimum Gasteiger partial charge on any atom is -0.350 e. The minimum atomic E-state index is -3.01. The van der Waals surface area contributed by atoms with Gasteiger partial charge in [0, 0.05) is 31.1 Å². The van der Waals surface area contributed by atoms with E-state index in [0.29, 0.717) is 25.0 Å². The number of nitrogens with one attached hydrogen (secondary N) is 1. The smallest absolute Gasteiger partial charge is 0.226 e. The lowest BCUT2D eigenvalue weighted by Crippen LogP contribution is -2.48. The van der Waals surface area contributed by atoms with Crippen molar-refractivity contribution in [1.29, 1.82) is 0 Å². The summed E-state index contributed by atoms with van der Waals surface area (Å²) in [5.74, 6) is 0.206. The molecule has 270 valence electrons. The van der Waals surface area contributed by atoms with Crippen molar-refractivity contribution in [1.82, 2.24) is 20.2 Å². The first-order valence-electron chi connectivity index (χ1n) is 18.1. The van der Waals surface area contributed by atoms with Crippen LogP contribution >= 0.6 is 0 Å². The number of carbonyl (C=O) groups excluding carboxylic acids is 2. The predicted octanol–water partition coefficient (Wildman–Crippen LogP) is 7.80. The fourth-order valence-corrected chi connectivity index (χ4v) is 7.69. The molecular formula is C38H68N4O4S. The fraction of sp³-hybridized carbons (Fsp3) is 0.842. The maximum atomic E-state index is 13.3. The summed E-state index contributed by atoms with van der Waals surface area (Å²) in [5, 5.41) is 3.12. The Morgan fingerprint density at radius 1 is 0.745 bits per heavy atom. The molecule has 2 rings (SSSR count). The standard InChI is InChI=1S/C38H68N4O4S/c1-35(2,3)19-14-12-16-31(36(4,5)6)33(43)41-28-30-27-39-29(26-40-30)18-21-38(10,11)20-15-13-17-32(37(7,8)9)34(44)42-22-24-47(45,46)25-23-42/h26-27,31-32H,12-25,28H2,1-11H3,(H,41,43). The maximum Gasteiger partial charge on any atom is 0.226 e. The van der Waals surface area contributed by atoms with Crippen LogP contribution in [0.25, 0.3) is 0 Å². The molecule has 1 N–H and O–H groups in total. The molecule has 1 aliphatic rings.